The first kappa shape index (κ1) is 14.5. The second-order valence-corrected chi connectivity index (χ2v) is 5.67. The SMILES string of the molecule is Cc1cc(Cl)nc(Cl)c1NC(=O)C1(C)COCC1N. The fourth-order valence-electron chi connectivity index (χ4n) is 1.92. The third-order valence-corrected chi connectivity index (χ3v) is 3.88. The van der Waals surface area contributed by atoms with E-state index in [-0.39, 0.29) is 28.9 Å². The highest BCUT2D eigenvalue weighted by Crippen LogP contribution is 2.32. The van der Waals surface area contributed by atoms with E-state index < -0.39 is 5.41 Å². The van der Waals surface area contributed by atoms with E-state index in [9.17, 15) is 4.79 Å². The summed E-state index contributed by atoms with van der Waals surface area (Å²) in [6.45, 7) is 4.22. The van der Waals surface area contributed by atoms with Crippen molar-refractivity contribution in [2.75, 3.05) is 18.5 Å². The zero-order chi connectivity index (χ0) is 14.2. The maximum atomic E-state index is 12.3. The van der Waals surface area contributed by atoms with Gasteiger partial charge in [0.1, 0.15) is 5.15 Å². The van der Waals surface area contributed by atoms with Crippen molar-refractivity contribution in [3.8, 4) is 0 Å². The van der Waals surface area contributed by atoms with Crippen molar-refractivity contribution < 1.29 is 9.53 Å². The first-order chi connectivity index (χ1) is 8.84. The number of nitrogens with zero attached hydrogens (tertiary/aromatic N) is 1. The molecule has 0 radical (unpaired) electrons. The number of carbonyl (C=O) groups is 1. The van der Waals surface area contributed by atoms with Crippen molar-refractivity contribution in [1.82, 2.24) is 4.98 Å². The number of hydrogen-bond acceptors (Lipinski definition) is 4. The Balaban J connectivity index is 2.25. The Bertz CT molecular complexity index is 501. The topological polar surface area (TPSA) is 77.2 Å². The van der Waals surface area contributed by atoms with E-state index in [1.165, 1.54) is 0 Å². The maximum Gasteiger partial charge on any atom is 0.234 e. The van der Waals surface area contributed by atoms with Crippen LogP contribution in [0.1, 0.15) is 12.5 Å². The summed E-state index contributed by atoms with van der Waals surface area (Å²) in [5.74, 6) is -0.230. The third-order valence-electron chi connectivity index (χ3n) is 3.42. The van der Waals surface area contributed by atoms with Gasteiger partial charge in [0.15, 0.2) is 5.15 Å². The number of ether oxygens (including phenoxy) is 1. The minimum Gasteiger partial charge on any atom is -0.379 e. The molecule has 1 aliphatic rings. The molecule has 0 saturated carbocycles. The number of aromatic nitrogens is 1. The van der Waals surface area contributed by atoms with Crippen molar-refractivity contribution in [2.45, 2.75) is 19.9 Å². The highest BCUT2D eigenvalue weighted by Gasteiger charge is 2.44. The molecule has 1 fully saturated rings. The van der Waals surface area contributed by atoms with Crippen LogP contribution in [-0.2, 0) is 9.53 Å². The molecule has 19 heavy (non-hydrogen) atoms. The number of pyridine rings is 1. The van der Waals surface area contributed by atoms with Crippen molar-refractivity contribution in [2.24, 2.45) is 11.1 Å². The minimum atomic E-state index is -0.768. The fourth-order valence-corrected chi connectivity index (χ4v) is 2.50. The Kier molecular flexibility index (Phi) is 4.01. The molecule has 2 heterocycles. The number of halogens is 2. The number of amides is 1. The lowest BCUT2D eigenvalue weighted by molar-refractivity contribution is -0.125. The maximum absolute atomic E-state index is 12.3. The minimum absolute atomic E-state index is 0.162. The average molecular weight is 304 g/mol. The second kappa shape index (κ2) is 5.25. The van der Waals surface area contributed by atoms with Crippen molar-refractivity contribution in [1.29, 1.82) is 0 Å². The Morgan fingerprint density at radius 2 is 2.32 bits per heavy atom. The van der Waals surface area contributed by atoms with Crippen LogP contribution in [0.2, 0.25) is 10.3 Å². The van der Waals surface area contributed by atoms with E-state index in [4.69, 9.17) is 33.7 Å². The summed E-state index contributed by atoms with van der Waals surface area (Å²) in [5.41, 5.74) is 6.34. The molecular weight excluding hydrogens is 289 g/mol. The number of carbonyl (C=O) groups excluding carboxylic acids is 1. The number of hydrogen-bond donors (Lipinski definition) is 2. The summed E-state index contributed by atoms with van der Waals surface area (Å²) < 4.78 is 5.26. The number of rotatable bonds is 2. The number of aryl methyl sites for hydroxylation is 1. The molecule has 7 heteroatoms. The van der Waals surface area contributed by atoms with Crippen LogP contribution in [0.4, 0.5) is 5.69 Å². The van der Waals surface area contributed by atoms with Crippen LogP contribution in [0.15, 0.2) is 6.07 Å². The van der Waals surface area contributed by atoms with E-state index in [1.807, 2.05) is 0 Å². The second-order valence-electron chi connectivity index (χ2n) is 4.92. The molecule has 2 atom stereocenters. The predicted molar refractivity (Wildman–Crippen MR) is 74.5 cm³/mol. The molecule has 0 bridgehead atoms. The van der Waals surface area contributed by atoms with E-state index >= 15 is 0 Å². The van der Waals surface area contributed by atoms with Crippen LogP contribution in [-0.4, -0.2) is 30.1 Å². The zero-order valence-corrected chi connectivity index (χ0v) is 12.2. The quantitative estimate of drug-likeness (QED) is 0.819. The Labute approximate surface area is 121 Å². The molecule has 1 aliphatic heterocycles. The van der Waals surface area contributed by atoms with Crippen molar-refractivity contribution >= 4 is 34.8 Å². The average Bonchev–Trinajstić information content (AvgIpc) is 2.65. The van der Waals surface area contributed by atoms with E-state index in [0.29, 0.717) is 12.3 Å². The van der Waals surface area contributed by atoms with Crippen LogP contribution in [0.3, 0.4) is 0 Å². The van der Waals surface area contributed by atoms with Gasteiger partial charge in [0.2, 0.25) is 5.91 Å². The lowest BCUT2D eigenvalue weighted by Gasteiger charge is -2.26. The number of anilines is 1. The molecular formula is C12H15Cl2N3O2. The Morgan fingerprint density at radius 1 is 1.63 bits per heavy atom. The molecule has 0 aromatic carbocycles. The third kappa shape index (κ3) is 2.69. The highest BCUT2D eigenvalue weighted by atomic mass is 35.5. The molecule has 1 aromatic heterocycles. The smallest absolute Gasteiger partial charge is 0.234 e. The fraction of sp³-hybridized carbons (Fsp3) is 0.500. The van der Waals surface area contributed by atoms with E-state index in [2.05, 4.69) is 10.3 Å². The van der Waals surface area contributed by atoms with Crippen LogP contribution < -0.4 is 11.1 Å². The molecule has 2 rings (SSSR count). The Hall–Kier alpha value is -0.880. The van der Waals surface area contributed by atoms with Gasteiger partial charge in [0.25, 0.3) is 0 Å². The number of nitrogens with two attached hydrogens (primary N) is 1. The Morgan fingerprint density at radius 3 is 2.84 bits per heavy atom. The lowest BCUT2D eigenvalue weighted by atomic mass is 9.85. The number of nitrogens with one attached hydrogen (secondary N) is 1. The van der Waals surface area contributed by atoms with Crippen LogP contribution >= 0.6 is 23.2 Å². The lowest BCUT2D eigenvalue weighted by Crippen LogP contribution is -2.47. The van der Waals surface area contributed by atoms with Gasteiger partial charge in [-0.2, -0.15) is 0 Å². The molecule has 2 unspecified atom stereocenters. The van der Waals surface area contributed by atoms with Gasteiger partial charge in [0.05, 0.1) is 24.3 Å². The van der Waals surface area contributed by atoms with Gasteiger partial charge in [-0.1, -0.05) is 23.2 Å². The highest BCUT2D eigenvalue weighted by molar-refractivity contribution is 6.34. The van der Waals surface area contributed by atoms with E-state index in [0.717, 1.165) is 5.56 Å². The summed E-state index contributed by atoms with van der Waals surface area (Å²) in [5, 5.41) is 3.21. The summed E-state index contributed by atoms with van der Waals surface area (Å²) in [6.07, 6.45) is 0. The zero-order valence-electron chi connectivity index (χ0n) is 10.7. The van der Waals surface area contributed by atoms with E-state index in [1.54, 1.807) is 19.9 Å². The van der Waals surface area contributed by atoms with Gasteiger partial charge in [-0.3, -0.25) is 4.79 Å². The van der Waals surface area contributed by atoms with Gasteiger partial charge in [-0.05, 0) is 25.5 Å². The summed E-state index contributed by atoms with van der Waals surface area (Å²) in [4.78, 5) is 16.3. The first-order valence-electron chi connectivity index (χ1n) is 5.82. The normalized spacial score (nSPS) is 26.5. The standard InChI is InChI=1S/C12H15Cl2N3O2/c1-6-3-8(13)16-10(14)9(6)17-11(18)12(2)5-19-4-7(12)15/h3,7H,4-5,15H2,1-2H3,(H,17,18). The van der Waals surface area contributed by atoms with Crippen LogP contribution in [0.5, 0.6) is 0 Å². The summed E-state index contributed by atoms with van der Waals surface area (Å²) in [6, 6.07) is 1.29. The molecule has 104 valence electrons. The summed E-state index contributed by atoms with van der Waals surface area (Å²) >= 11 is 11.8. The van der Waals surface area contributed by atoms with Crippen molar-refractivity contribution in [3.05, 3.63) is 21.9 Å². The molecule has 3 N–H and O–H groups in total. The summed E-state index contributed by atoms with van der Waals surface area (Å²) in [7, 11) is 0. The molecule has 1 saturated heterocycles. The molecule has 1 amide bonds. The van der Waals surface area contributed by atoms with Crippen LogP contribution in [0, 0.1) is 12.3 Å². The van der Waals surface area contributed by atoms with Gasteiger partial charge in [0, 0.05) is 6.04 Å². The molecule has 0 aliphatic carbocycles. The molecule has 5 nitrogen and oxygen atoms in total. The first-order valence-corrected chi connectivity index (χ1v) is 6.57. The van der Waals surface area contributed by atoms with Crippen LogP contribution in [0.25, 0.3) is 0 Å². The van der Waals surface area contributed by atoms with Gasteiger partial charge in [-0.25, -0.2) is 4.98 Å². The molecule has 0 spiro atoms. The monoisotopic (exact) mass is 303 g/mol. The molecule has 1 aromatic rings. The largest absolute Gasteiger partial charge is 0.379 e. The van der Waals surface area contributed by atoms with Gasteiger partial charge >= 0.3 is 0 Å². The van der Waals surface area contributed by atoms with Crippen molar-refractivity contribution in [3.63, 3.8) is 0 Å². The van der Waals surface area contributed by atoms with Gasteiger partial charge < -0.3 is 15.8 Å². The predicted octanol–water partition coefficient (Wildman–Crippen LogP) is 2.00. The van der Waals surface area contributed by atoms with Gasteiger partial charge in [-0.15, -0.1) is 0 Å².